The van der Waals surface area contributed by atoms with E-state index in [1.165, 1.54) is 6.21 Å². The third-order valence-corrected chi connectivity index (χ3v) is 3.17. The fraction of sp³-hybridized carbons (Fsp3) is 0. The Balaban J connectivity index is 3.25. The predicted octanol–water partition coefficient (Wildman–Crippen LogP) is 2.78. The molecule has 1 aromatic rings. The maximum Gasteiger partial charge on any atom is 0.134 e. The van der Waals surface area contributed by atoms with Gasteiger partial charge in [-0.15, -0.1) is 0 Å². The van der Waals surface area contributed by atoms with Crippen LogP contribution in [0.4, 0.5) is 11.5 Å². The van der Waals surface area contributed by atoms with Crippen LogP contribution >= 0.6 is 44.3 Å². The van der Waals surface area contributed by atoms with Crippen LogP contribution in [0.25, 0.3) is 0 Å². The molecule has 0 bridgehead atoms. The van der Waals surface area contributed by atoms with Crippen molar-refractivity contribution < 1.29 is 0 Å². The quantitative estimate of drug-likeness (QED) is 0.434. The van der Waals surface area contributed by atoms with E-state index in [0.29, 0.717) is 17.8 Å². The van der Waals surface area contributed by atoms with E-state index in [-0.39, 0.29) is 0 Å². The third kappa shape index (κ3) is 2.51. The van der Waals surface area contributed by atoms with Crippen LogP contribution in [-0.4, -0.2) is 11.2 Å². The van der Waals surface area contributed by atoms with Gasteiger partial charge in [0.2, 0.25) is 0 Å². The molecule has 0 aliphatic rings. The highest BCUT2D eigenvalue weighted by Crippen LogP contribution is 2.33. The molecule has 1 atom stereocenters. The number of aromatic nitrogens is 1. The van der Waals surface area contributed by atoms with Crippen LogP contribution in [0.2, 0.25) is 0 Å². The summed E-state index contributed by atoms with van der Waals surface area (Å²) in [5.41, 5.74) is 7.06. The minimum absolute atomic E-state index is 0.371. The topological polar surface area (TPSA) is 74.8 Å². The molecule has 0 amide bonds. The van der Waals surface area contributed by atoms with Crippen molar-refractivity contribution in [3.8, 4) is 0 Å². The van der Waals surface area contributed by atoms with Crippen LogP contribution in [0.15, 0.2) is 10.7 Å². The summed E-state index contributed by atoms with van der Waals surface area (Å²) in [6.07, 6.45) is 3.36. The smallest absolute Gasteiger partial charge is 0.134 e. The summed E-state index contributed by atoms with van der Waals surface area (Å²) in [7, 11) is 0. The molecule has 1 heterocycles. The van der Waals surface area contributed by atoms with Gasteiger partial charge in [0.05, 0.1) is 15.7 Å². The first-order valence-corrected chi connectivity index (χ1v) is 8.17. The van der Waals surface area contributed by atoms with Crippen molar-refractivity contribution in [2.24, 2.45) is 0 Å². The van der Waals surface area contributed by atoms with Gasteiger partial charge in [0, 0.05) is 18.8 Å². The largest absolute Gasteiger partial charge is 0.383 e. The van der Waals surface area contributed by atoms with Crippen molar-refractivity contribution in [1.29, 1.82) is 5.41 Å². The molecular weight excluding hydrogens is 366 g/mol. The lowest BCUT2D eigenvalue weighted by Crippen LogP contribution is -2.00. The van der Waals surface area contributed by atoms with Crippen LogP contribution in [0.3, 0.4) is 0 Å². The lowest BCUT2D eigenvalue weighted by molar-refractivity contribution is 1.31. The van der Waals surface area contributed by atoms with Gasteiger partial charge < -0.3 is 16.2 Å². The van der Waals surface area contributed by atoms with E-state index in [1.54, 1.807) is 6.20 Å². The van der Waals surface area contributed by atoms with E-state index in [4.69, 9.17) is 11.1 Å². The van der Waals surface area contributed by atoms with E-state index in [9.17, 15) is 0 Å². The maximum absolute atomic E-state index is 7.20. The van der Waals surface area contributed by atoms with Gasteiger partial charge in [-0.1, -0.05) is 0 Å². The van der Waals surface area contributed by atoms with E-state index in [0.717, 1.165) is 10.2 Å². The first kappa shape index (κ1) is 11.1. The van der Waals surface area contributed by atoms with E-state index in [2.05, 4.69) is 48.0 Å². The number of hydrogen-bond donors (Lipinski definition) is 3. The molecule has 70 valence electrons. The number of halogens is 2. The number of nitrogens with one attached hydrogen (secondary N) is 2. The molecule has 0 aromatic carbocycles. The minimum Gasteiger partial charge on any atom is -0.383 e. The number of nitrogen functional groups attached to an aromatic ring is 1. The Morgan fingerprint density at radius 3 is 3.00 bits per heavy atom. The molecule has 1 aromatic heterocycles. The number of hydrogen-bond acceptors (Lipinski definition) is 4. The van der Waals surface area contributed by atoms with Crippen LogP contribution in [0, 0.1) is 5.41 Å². The fourth-order valence-electron chi connectivity index (χ4n) is 0.837. The molecule has 0 fully saturated rings. The monoisotopic (exact) mass is 372 g/mol. The standard InChI is InChI=1S/C6H7BrIN4P/c7-4-2-11-6(10)3(1-9)5(4)12-13-8/h1-2,9,13H,(H3,10,11,12). The summed E-state index contributed by atoms with van der Waals surface area (Å²) < 4.78 is 0.823. The zero-order valence-corrected chi connectivity index (χ0v) is 11.2. The highest BCUT2D eigenvalue weighted by Gasteiger charge is 2.08. The second kappa shape index (κ2) is 5.07. The summed E-state index contributed by atoms with van der Waals surface area (Å²) >= 11 is 5.55. The van der Waals surface area contributed by atoms with Crippen molar-refractivity contribution in [2.75, 3.05) is 10.8 Å². The van der Waals surface area contributed by atoms with Crippen molar-refractivity contribution in [1.82, 2.24) is 4.98 Å². The summed E-state index contributed by atoms with van der Waals surface area (Å²) in [5, 5.41) is 10.3. The van der Waals surface area contributed by atoms with Gasteiger partial charge in [0.1, 0.15) is 5.82 Å². The van der Waals surface area contributed by atoms with E-state index >= 15 is 0 Å². The SMILES string of the molecule is N=Cc1c(N)ncc(Br)c1NPI. The number of pyridine rings is 1. The Kier molecular flexibility index (Phi) is 4.34. The van der Waals surface area contributed by atoms with Crippen molar-refractivity contribution in [3.63, 3.8) is 0 Å². The lowest BCUT2D eigenvalue weighted by Gasteiger charge is -2.09. The van der Waals surface area contributed by atoms with Crippen LogP contribution in [0.1, 0.15) is 5.56 Å². The third-order valence-electron chi connectivity index (χ3n) is 1.42. The highest BCUT2D eigenvalue weighted by atomic mass is 127. The molecule has 4 N–H and O–H groups in total. The highest BCUT2D eigenvalue weighted by molar-refractivity contribution is 14.2. The fourth-order valence-corrected chi connectivity index (χ4v) is 2.61. The lowest BCUT2D eigenvalue weighted by atomic mass is 10.2. The zero-order chi connectivity index (χ0) is 9.84. The maximum atomic E-state index is 7.20. The molecule has 0 spiro atoms. The van der Waals surface area contributed by atoms with Gasteiger partial charge >= 0.3 is 0 Å². The van der Waals surface area contributed by atoms with Gasteiger partial charge in [0.25, 0.3) is 0 Å². The summed E-state index contributed by atoms with van der Waals surface area (Å²) in [4.78, 5) is 3.93. The summed E-state index contributed by atoms with van der Waals surface area (Å²) in [5.74, 6) is 0.371. The number of rotatable bonds is 3. The predicted molar refractivity (Wildman–Crippen MR) is 70.2 cm³/mol. The molecule has 1 rings (SSSR count). The van der Waals surface area contributed by atoms with Gasteiger partial charge in [-0.3, -0.25) is 0 Å². The average molecular weight is 373 g/mol. The first-order chi connectivity index (χ1) is 6.20. The van der Waals surface area contributed by atoms with Crippen LogP contribution < -0.4 is 10.8 Å². The van der Waals surface area contributed by atoms with Gasteiger partial charge in [-0.05, 0) is 38.0 Å². The molecule has 1 unspecified atom stereocenters. The second-order valence-electron chi connectivity index (χ2n) is 2.14. The minimum atomic E-state index is 0.371. The van der Waals surface area contributed by atoms with Crippen molar-refractivity contribution >= 4 is 62.1 Å². The molecule has 0 aliphatic carbocycles. The Labute approximate surface area is 99.0 Å². The molecule has 7 heteroatoms. The Morgan fingerprint density at radius 2 is 2.46 bits per heavy atom. The van der Waals surface area contributed by atoms with E-state index in [1.807, 2.05) is 0 Å². The average Bonchev–Trinajstić information content (AvgIpc) is 2.12. The van der Waals surface area contributed by atoms with Crippen molar-refractivity contribution in [2.45, 2.75) is 0 Å². The molecule has 0 aliphatic heterocycles. The molecule has 4 nitrogen and oxygen atoms in total. The van der Waals surface area contributed by atoms with Gasteiger partial charge in [-0.25, -0.2) is 4.98 Å². The summed E-state index contributed by atoms with van der Waals surface area (Å²) in [6, 6.07) is 0. The van der Waals surface area contributed by atoms with Crippen LogP contribution in [0.5, 0.6) is 0 Å². The molecule has 13 heavy (non-hydrogen) atoms. The number of nitrogens with zero attached hydrogens (tertiary/aromatic N) is 1. The number of anilines is 2. The Bertz CT molecular complexity index is 333. The number of nitrogens with two attached hydrogens (primary N) is 1. The molecule has 0 saturated carbocycles. The zero-order valence-electron chi connectivity index (χ0n) is 6.44. The second-order valence-corrected chi connectivity index (χ2v) is 5.06. The van der Waals surface area contributed by atoms with Gasteiger partial charge in [-0.2, -0.15) is 0 Å². The van der Waals surface area contributed by atoms with Gasteiger partial charge in [0.15, 0.2) is 0 Å². The first-order valence-electron chi connectivity index (χ1n) is 3.26. The normalized spacial score (nSPS) is 10.6. The van der Waals surface area contributed by atoms with Crippen LogP contribution in [-0.2, 0) is 0 Å². The molecule has 0 radical (unpaired) electrons. The molecule has 0 saturated heterocycles. The Morgan fingerprint density at radius 1 is 1.77 bits per heavy atom. The van der Waals surface area contributed by atoms with E-state index < -0.39 is 0 Å². The molecular formula is C6H7BrIN4P. The van der Waals surface area contributed by atoms with Crippen molar-refractivity contribution in [3.05, 3.63) is 16.2 Å². The Hall–Kier alpha value is 0.0600. The summed E-state index contributed by atoms with van der Waals surface area (Å²) in [6.45, 7) is 0.